The zero-order valence-electron chi connectivity index (χ0n) is 23.6. The number of allylic oxidation sites excluding steroid dienone is 1. The van der Waals surface area contributed by atoms with E-state index < -0.39 is 12.0 Å². The van der Waals surface area contributed by atoms with E-state index >= 15 is 0 Å². The van der Waals surface area contributed by atoms with E-state index in [1.807, 2.05) is 56.3 Å². The van der Waals surface area contributed by atoms with Crippen molar-refractivity contribution in [3.05, 3.63) is 95.9 Å². The molecule has 0 N–H and O–H groups in total. The molecule has 40 heavy (non-hydrogen) atoms. The first-order valence-electron chi connectivity index (χ1n) is 13.2. The number of hydrogen-bond donors (Lipinski definition) is 0. The number of aryl methyl sites for hydroxylation is 1. The smallest absolute Gasteiger partial charge is 0.338 e. The molecule has 9 heteroatoms. The minimum Gasteiger partial charge on any atom is -0.496 e. The molecule has 2 aromatic carbocycles. The van der Waals surface area contributed by atoms with Crippen LogP contribution in [0.1, 0.15) is 42.4 Å². The van der Waals surface area contributed by atoms with Crippen LogP contribution in [0.3, 0.4) is 0 Å². The normalized spacial score (nSPS) is 15.3. The number of methoxy groups -OCH3 is 2. The molecule has 208 valence electrons. The number of hydrogen-bond acceptors (Lipinski definition) is 7. The summed E-state index contributed by atoms with van der Waals surface area (Å²) in [6.07, 6.45) is 1.91. The van der Waals surface area contributed by atoms with Crippen molar-refractivity contribution in [2.75, 3.05) is 27.4 Å². The van der Waals surface area contributed by atoms with Gasteiger partial charge in [-0.05, 0) is 62.2 Å². The van der Waals surface area contributed by atoms with Crippen LogP contribution in [0.25, 0.3) is 16.8 Å². The molecule has 0 radical (unpaired) electrons. The topological polar surface area (TPSA) is 84.0 Å². The van der Waals surface area contributed by atoms with E-state index in [2.05, 4.69) is 10.6 Å². The molecule has 2 aromatic heterocycles. The van der Waals surface area contributed by atoms with Gasteiger partial charge >= 0.3 is 5.97 Å². The van der Waals surface area contributed by atoms with Crippen molar-refractivity contribution in [1.82, 2.24) is 9.13 Å². The van der Waals surface area contributed by atoms with Gasteiger partial charge in [0.15, 0.2) is 4.80 Å². The summed E-state index contributed by atoms with van der Waals surface area (Å²) in [7, 11) is 3.28. The van der Waals surface area contributed by atoms with Crippen molar-refractivity contribution in [3.63, 3.8) is 0 Å². The maximum absolute atomic E-state index is 14.2. The Bertz CT molecular complexity index is 1830. The lowest BCUT2D eigenvalue weighted by atomic mass is 9.90. The predicted molar refractivity (Wildman–Crippen MR) is 157 cm³/mol. The third-order valence-electron chi connectivity index (χ3n) is 7.36. The van der Waals surface area contributed by atoms with E-state index in [9.17, 15) is 9.59 Å². The van der Waals surface area contributed by atoms with Gasteiger partial charge in [0.25, 0.3) is 5.56 Å². The van der Waals surface area contributed by atoms with Crippen LogP contribution in [0, 0.1) is 13.8 Å². The zero-order valence-corrected chi connectivity index (χ0v) is 24.4. The number of carbonyl (C=O) groups excluding carboxylic acids is 1. The highest BCUT2D eigenvalue weighted by Crippen LogP contribution is 2.40. The van der Waals surface area contributed by atoms with Crippen molar-refractivity contribution in [3.8, 4) is 5.75 Å². The minimum absolute atomic E-state index is 0.206. The molecule has 1 unspecified atom stereocenters. The summed E-state index contributed by atoms with van der Waals surface area (Å²) < 4.78 is 20.9. The van der Waals surface area contributed by atoms with E-state index in [1.165, 1.54) is 11.3 Å². The van der Waals surface area contributed by atoms with Crippen LogP contribution in [0.4, 0.5) is 0 Å². The quantitative estimate of drug-likeness (QED) is 0.305. The molecule has 1 aliphatic rings. The fraction of sp³-hybridized carbons (Fsp3) is 0.323. The van der Waals surface area contributed by atoms with Gasteiger partial charge in [0, 0.05) is 30.6 Å². The molecule has 0 aliphatic carbocycles. The molecule has 0 fully saturated rings. The van der Waals surface area contributed by atoms with Crippen LogP contribution in [-0.4, -0.2) is 42.5 Å². The largest absolute Gasteiger partial charge is 0.496 e. The summed E-state index contributed by atoms with van der Waals surface area (Å²) in [5, 5.41) is 1.86. The Labute approximate surface area is 236 Å². The average molecular weight is 560 g/mol. The molecular weight excluding hydrogens is 526 g/mol. The fourth-order valence-electron chi connectivity index (χ4n) is 5.44. The highest BCUT2D eigenvalue weighted by atomic mass is 32.1. The number of benzene rings is 2. The number of ether oxygens (including phenoxy) is 3. The summed E-state index contributed by atoms with van der Waals surface area (Å²) in [4.78, 5) is 32.8. The van der Waals surface area contributed by atoms with Gasteiger partial charge in [-0.15, -0.1) is 0 Å². The minimum atomic E-state index is -0.771. The molecular formula is C31H33N3O5S. The van der Waals surface area contributed by atoms with Gasteiger partial charge in [-0.3, -0.25) is 9.36 Å². The molecule has 0 spiro atoms. The molecule has 1 aliphatic heterocycles. The molecule has 0 saturated heterocycles. The standard InChI is InChI=1S/C31H33N3O5S/c1-7-39-30(36)26-19(3)32-31-34(28(26)27-23-11-9-8-10-21(23)12-13-24(27)38-6)29(35)25(40-31)17-22-16-18(2)33(20(22)4)14-15-37-5/h8-13,16-17,28H,7,14-15H2,1-6H3/b25-17-. The Hall–Kier alpha value is -3.95. The number of aromatic nitrogens is 2. The summed E-state index contributed by atoms with van der Waals surface area (Å²) in [6, 6.07) is 13.0. The van der Waals surface area contributed by atoms with Crippen LogP contribution in [-0.2, 0) is 20.8 Å². The zero-order chi connectivity index (χ0) is 28.6. The van der Waals surface area contributed by atoms with E-state index in [0.29, 0.717) is 33.0 Å². The Morgan fingerprint density at radius 2 is 1.90 bits per heavy atom. The third kappa shape index (κ3) is 4.69. The molecule has 0 bridgehead atoms. The first-order chi connectivity index (χ1) is 19.3. The molecule has 0 saturated carbocycles. The number of esters is 1. The van der Waals surface area contributed by atoms with Crippen LogP contribution in [0.15, 0.2) is 63.5 Å². The number of fused-ring (bicyclic) bond motifs is 2. The molecule has 5 rings (SSSR count). The van der Waals surface area contributed by atoms with Gasteiger partial charge in [-0.25, -0.2) is 9.79 Å². The lowest BCUT2D eigenvalue weighted by Gasteiger charge is -2.27. The second-order valence-electron chi connectivity index (χ2n) is 9.68. The van der Waals surface area contributed by atoms with Gasteiger partial charge in [0.1, 0.15) is 11.8 Å². The van der Waals surface area contributed by atoms with E-state index in [-0.39, 0.29) is 12.2 Å². The number of carbonyl (C=O) groups is 1. The highest BCUT2D eigenvalue weighted by molar-refractivity contribution is 7.07. The molecule has 3 heterocycles. The van der Waals surface area contributed by atoms with Crippen molar-refractivity contribution in [2.45, 2.75) is 40.3 Å². The Balaban J connectivity index is 1.79. The van der Waals surface area contributed by atoms with Crippen molar-refractivity contribution in [1.29, 1.82) is 0 Å². The fourth-order valence-corrected chi connectivity index (χ4v) is 6.48. The Morgan fingerprint density at radius 3 is 2.62 bits per heavy atom. The number of rotatable bonds is 8. The maximum atomic E-state index is 14.2. The Morgan fingerprint density at radius 1 is 1.12 bits per heavy atom. The van der Waals surface area contributed by atoms with Crippen molar-refractivity contribution >= 4 is 34.2 Å². The van der Waals surface area contributed by atoms with Crippen molar-refractivity contribution < 1.29 is 19.0 Å². The van der Waals surface area contributed by atoms with Crippen LogP contribution >= 0.6 is 11.3 Å². The number of nitrogens with zero attached hydrogens (tertiary/aromatic N) is 3. The van der Waals surface area contributed by atoms with Crippen LogP contribution in [0.5, 0.6) is 5.75 Å². The predicted octanol–water partition coefficient (Wildman–Crippen LogP) is 4.02. The third-order valence-corrected chi connectivity index (χ3v) is 8.34. The van der Waals surface area contributed by atoms with Gasteiger partial charge in [0.2, 0.25) is 0 Å². The van der Waals surface area contributed by atoms with Crippen LogP contribution < -0.4 is 19.6 Å². The maximum Gasteiger partial charge on any atom is 0.338 e. The lowest BCUT2D eigenvalue weighted by molar-refractivity contribution is -0.139. The second kappa shape index (κ2) is 11.3. The lowest BCUT2D eigenvalue weighted by Crippen LogP contribution is -2.40. The van der Waals surface area contributed by atoms with E-state index in [1.54, 1.807) is 32.6 Å². The first kappa shape index (κ1) is 27.6. The average Bonchev–Trinajstić information content (AvgIpc) is 3.39. The van der Waals surface area contributed by atoms with Crippen molar-refractivity contribution in [2.24, 2.45) is 4.99 Å². The SMILES string of the molecule is CCOC(=O)C1=C(C)N=c2s/c(=C\c3cc(C)n(CCOC)c3C)c(=O)n2C1c1c(OC)ccc2ccccc12. The number of thiazole rings is 1. The van der Waals surface area contributed by atoms with Crippen LogP contribution in [0.2, 0.25) is 0 Å². The molecule has 4 aromatic rings. The Kier molecular flexibility index (Phi) is 7.78. The van der Waals surface area contributed by atoms with Gasteiger partial charge in [-0.2, -0.15) is 0 Å². The molecule has 1 atom stereocenters. The summed E-state index contributed by atoms with van der Waals surface area (Å²) in [5.41, 5.74) is 4.45. The highest BCUT2D eigenvalue weighted by Gasteiger charge is 2.36. The summed E-state index contributed by atoms with van der Waals surface area (Å²) in [5.74, 6) is 0.0798. The van der Waals surface area contributed by atoms with Gasteiger partial charge < -0.3 is 18.8 Å². The monoisotopic (exact) mass is 559 g/mol. The summed E-state index contributed by atoms with van der Waals surface area (Å²) >= 11 is 1.31. The summed E-state index contributed by atoms with van der Waals surface area (Å²) in [6.45, 7) is 9.17. The first-order valence-corrected chi connectivity index (χ1v) is 14.0. The van der Waals surface area contributed by atoms with Gasteiger partial charge in [0.05, 0.1) is 36.1 Å². The van der Waals surface area contributed by atoms with E-state index in [4.69, 9.17) is 19.2 Å². The second-order valence-corrected chi connectivity index (χ2v) is 10.7. The van der Waals surface area contributed by atoms with E-state index in [0.717, 1.165) is 39.8 Å². The molecule has 8 nitrogen and oxygen atoms in total. The van der Waals surface area contributed by atoms with Gasteiger partial charge in [-0.1, -0.05) is 41.7 Å². The molecule has 0 amide bonds.